The van der Waals surface area contributed by atoms with Crippen molar-refractivity contribution in [2.24, 2.45) is 29.4 Å². The Kier molecular flexibility index (Phi) is 3.13. The number of hydrogen-bond donors (Lipinski definition) is 2. The first-order valence-electron chi connectivity index (χ1n) is 8.53. The van der Waals surface area contributed by atoms with Crippen molar-refractivity contribution in [3.8, 4) is 0 Å². The first kappa shape index (κ1) is 12.6. The van der Waals surface area contributed by atoms with Gasteiger partial charge in [-0.15, -0.1) is 0 Å². The number of nitrogens with zero attached hydrogens (tertiary/aromatic N) is 1. The minimum atomic E-state index is 0.255. The zero-order valence-electron chi connectivity index (χ0n) is 12.1. The molecule has 1 heterocycles. The summed E-state index contributed by atoms with van der Waals surface area (Å²) in [7, 11) is 0. The van der Waals surface area contributed by atoms with E-state index < -0.39 is 0 Å². The van der Waals surface area contributed by atoms with Gasteiger partial charge < -0.3 is 5.73 Å². The third-order valence-electron chi connectivity index (χ3n) is 6.66. The van der Waals surface area contributed by atoms with Gasteiger partial charge in [-0.3, -0.25) is 0 Å². The molecule has 3 nitrogen and oxygen atoms in total. The van der Waals surface area contributed by atoms with E-state index in [0.717, 1.165) is 30.2 Å². The van der Waals surface area contributed by atoms with Gasteiger partial charge in [0.1, 0.15) is 0 Å². The highest BCUT2D eigenvalue weighted by atomic mass is 15.5. The summed E-state index contributed by atoms with van der Waals surface area (Å²) in [6.45, 7) is 3.31. The van der Waals surface area contributed by atoms with Gasteiger partial charge >= 0.3 is 0 Å². The summed E-state index contributed by atoms with van der Waals surface area (Å²) in [5.41, 5.74) is 10.5. The second-order valence-corrected chi connectivity index (χ2v) is 7.71. The molecule has 0 radical (unpaired) electrons. The van der Waals surface area contributed by atoms with Gasteiger partial charge in [0.15, 0.2) is 0 Å². The smallest absolute Gasteiger partial charge is 0.0504 e. The van der Waals surface area contributed by atoms with E-state index in [1.165, 1.54) is 64.5 Å². The number of piperidine rings is 1. The lowest BCUT2D eigenvalue weighted by molar-refractivity contribution is -0.104. The summed E-state index contributed by atoms with van der Waals surface area (Å²) in [6, 6.07) is 0. The van der Waals surface area contributed by atoms with Crippen molar-refractivity contribution in [1.82, 2.24) is 10.4 Å². The van der Waals surface area contributed by atoms with Crippen LogP contribution in [0.5, 0.6) is 0 Å². The van der Waals surface area contributed by atoms with Gasteiger partial charge in [-0.1, -0.05) is 6.42 Å². The van der Waals surface area contributed by atoms with E-state index in [0.29, 0.717) is 0 Å². The van der Waals surface area contributed by atoms with Crippen molar-refractivity contribution in [3.05, 3.63) is 0 Å². The number of nitrogens with two attached hydrogens (primary N) is 1. The molecule has 5 fully saturated rings. The molecule has 0 amide bonds. The highest BCUT2D eigenvalue weighted by Crippen LogP contribution is 2.58. The maximum atomic E-state index is 6.32. The Morgan fingerprint density at radius 2 is 1.47 bits per heavy atom. The van der Waals surface area contributed by atoms with Gasteiger partial charge in [0.2, 0.25) is 0 Å². The van der Waals surface area contributed by atoms with Gasteiger partial charge in [0, 0.05) is 19.6 Å². The second kappa shape index (κ2) is 4.71. The average molecular weight is 263 g/mol. The highest BCUT2D eigenvalue weighted by molar-refractivity contribution is 5.11. The zero-order chi connectivity index (χ0) is 12.9. The maximum absolute atomic E-state index is 6.32. The molecule has 19 heavy (non-hydrogen) atoms. The molecule has 108 valence electrons. The molecule has 3 heteroatoms. The van der Waals surface area contributed by atoms with Crippen molar-refractivity contribution in [1.29, 1.82) is 0 Å². The van der Waals surface area contributed by atoms with Crippen molar-refractivity contribution >= 4 is 0 Å². The molecular formula is C16H29N3. The summed E-state index contributed by atoms with van der Waals surface area (Å²) in [6.07, 6.45) is 11.4. The van der Waals surface area contributed by atoms with Crippen LogP contribution in [0.15, 0.2) is 0 Å². The highest BCUT2D eigenvalue weighted by Gasteiger charge is 2.57. The maximum Gasteiger partial charge on any atom is 0.0504 e. The Balaban J connectivity index is 1.55. The van der Waals surface area contributed by atoms with Crippen LogP contribution in [0.2, 0.25) is 0 Å². The normalized spacial score (nSPS) is 49.7. The van der Waals surface area contributed by atoms with Gasteiger partial charge in [-0.05, 0) is 68.6 Å². The molecule has 0 spiro atoms. The number of nitrogens with one attached hydrogen (secondary N) is 1. The third kappa shape index (κ3) is 1.97. The fraction of sp³-hybridized carbons (Fsp3) is 1.00. The van der Waals surface area contributed by atoms with E-state index >= 15 is 0 Å². The Morgan fingerprint density at radius 1 is 0.895 bits per heavy atom. The molecule has 1 saturated heterocycles. The molecule has 0 atom stereocenters. The number of hydrogen-bond acceptors (Lipinski definition) is 3. The quantitative estimate of drug-likeness (QED) is 0.819. The predicted octanol–water partition coefficient (Wildman–Crippen LogP) is 2.13. The molecule has 4 bridgehead atoms. The van der Waals surface area contributed by atoms with Crippen LogP contribution in [0.1, 0.15) is 51.4 Å². The summed E-state index contributed by atoms with van der Waals surface area (Å²) in [5, 5.41) is 2.51. The first-order valence-corrected chi connectivity index (χ1v) is 8.53. The third-order valence-corrected chi connectivity index (χ3v) is 6.66. The van der Waals surface area contributed by atoms with Crippen LogP contribution in [0, 0.1) is 23.7 Å². The molecule has 5 aliphatic rings. The van der Waals surface area contributed by atoms with E-state index in [4.69, 9.17) is 5.73 Å². The standard InChI is InChI=1S/C16H29N3/c17-11-16(18-19-4-2-1-3-5-19)14-7-12-6-13(9-14)10-15(16)8-12/h12-15,18H,1-11,17H2. The molecule has 0 aromatic carbocycles. The van der Waals surface area contributed by atoms with E-state index in [2.05, 4.69) is 10.4 Å². The lowest BCUT2D eigenvalue weighted by Crippen LogP contribution is -2.71. The van der Waals surface area contributed by atoms with Crippen LogP contribution in [-0.4, -0.2) is 30.2 Å². The molecule has 0 aromatic heterocycles. The topological polar surface area (TPSA) is 41.3 Å². The van der Waals surface area contributed by atoms with Crippen molar-refractivity contribution in [2.75, 3.05) is 19.6 Å². The van der Waals surface area contributed by atoms with Crippen molar-refractivity contribution in [3.63, 3.8) is 0 Å². The van der Waals surface area contributed by atoms with Crippen LogP contribution < -0.4 is 11.2 Å². The molecule has 0 aromatic rings. The number of hydrazine groups is 1. The monoisotopic (exact) mass is 263 g/mol. The molecule has 5 rings (SSSR count). The molecule has 1 aliphatic heterocycles. The van der Waals surface area contributed by atoms with Crippen LogP contribution in [0.3, 0.4) is 0 Å². The Bertz CT molecular complexity index is 307. The summed E-state index contributed by atoms with van der Waals surface area (Å²) >= 11 is 0. The van der Waals surface area contributed by atoms with Gasteiger partial charge in [0.25, 0.3) is 0 Å². The summed E-state index contributed by atoms with van der Waals surface area (Å²) in [5.74, 6) is 3.78. The largest absolute Gasteiger partial charge is 0.329 e. The van der Waals surface area contributed by atoms with Gasteiger partial charge in [-0.25, -0.2) is 10.4 Å². The van der Waals surface area contributed by atoms with Crippen LogP contribution in [0.4, 0.5) is 0 Å². The molecule has 0 unspecified atom stereocenters. The zero-order valence-corrected chi connectivity index (χ0v) is 12.1. The van der Waals surface area contributed by atoms with Crippen LogP contribution in [0.25, 0.3) is 0 Å². The van der Waals surface area contributed by atoms with Gasteiger partial charge in [0.05, 0.1) is 5.54 Å². The predicted molar refractivity (Wildman–Crippen MR) is 77.4 cm³/mol. The summed E-state index contributed by atoms with van der Waals surface area (Å²) in [4.78, 5) is 0. The van der Waals surface area contributed by atoms with E-state index in [1.54, 1.807) is 0 Å². The lowest BCUT2D eigenvalue weighted by atomic mass is 9.48. The lowest BCUT2D eigenvalue weighted by Gasteiger charge is -2.62. The molecular weight excluding hydrogens is 234 g/mol. The average Bonchev–Trinajstić information content (AvgIpc) is 2.43. The number of rotatable bonds is 3. The Labute approximate surface area is 117 Å². The first-order chi connectivity index (χ1) is 9.30. The fourth-order valence-electron chi connectivity index (χ4n) is 5.89. The van der Waals surface area contributed by atoms with E-state index in [1.807, 2.05) is 0 Å². The second-order valence-electron chi connectivity index (χ2n) is 7.71. The van der Waals surface area contributed by atoms with Crippen LogP contribution >= 0.6 is 0 Å². The minimum Gasteiger partial charge on any atom is -0.329 e. The molecule has 4 aliphatic carbocycles. The van der Waals surface area contributed by atoms with Gasteiger partial charge in [-0.2, -0.15) is 0 Å². The molecule has 3 N–H and O–H groups in total. The molecule has 4 saturated carbocycles. The van der Waals surface area contributed by atoms with Crippen molar-refractivity contribution in [2.45, 2.75) is 56.9 Å². The van der Waals surface area contributed by atoms with E-state index in [9.17, 15) is 0 Å². The Hall–Kier alpha value is -0.120. The Morgan fingerprint density at radius 3 is 2.00 bits per heavy atom. The SMILES string of the molecule is NCC1(NN2CCCCC2)C2CC3CC(C2)CC1C3. The summed E-state index contributed by atoms with van der Waals surface area (Å²) < 4.78 is 0. The fourth-order valence-corrected chi connectivity index (χ4v) is 5.89. The van der Waals surface area contributed by atoms with Crippen LogP contribution in [-0.2, 0) is 0 Å². The van der Waals surface area contributed by atoms with E-state index in [-0.39, 0.29) is 5.54 Å². The minimum absolute atomic E-state index is 0.255. The van der Waals surface area contributed by atoms with Crippen molar-refractivity contribution < 1.29 is 0 Å².